The summed E-state index contributed by atoms with van der Waals surface area (Å²) in [5.74, 6) is 1.35. The molecule has 2 atom stereocenters. The van der Waals surface area contributed by atoms with Crippen LogP contribution in [0.15, 0.2) is 24.3 Å². The summed E-state index contributed by atoms with van der Waals surface area (Å²) < 4.78 is 0. The van der Waals surface area contributed by atoms with E-state index in [4.69, 9.17) is 5.73 Å². The van der Waals surface area contributed by atoms with Crippen LogP contribution in [0, 0.1) is 11.3 Å². The van der Waals surface area contributed by atoms with E-state index in [1.807, 2.05) is 0 Å². The molecule has 0 radical (unpaired) electrons. The predicted molar refractivity (Wildman–Crippen MR) is 64.9 cm³/mol. The van der Waals surface area contributed by atoms with E-state index < -0.39 is 0 Å². The highest BCUT2D eigenvalue weighted by molar-refractivity contribution is 5.34. The second-order valence-corrected chi connectivity index (χ2v) is 5.24. The van der Waals surface area contributed by atoms with Crippen molar-refractivity contribution < 1.29 is 0 Å². The molecule has 0 aliphatic heterocycles. The highest BCUT2D eigenvalue weighted by atomic mass is 14.7. The highest BCUT2D eigenvalue weighted by Crippen LogP contribution is 2.63. The molecular weight excluding hydrogens is 182 g/mol. The maximum Gasteiger partial charge on any atom is -0.00375 e. The fourth-order valence-electron chi connectivity index (χ4n) is 2.81. The molecule has 0 heterocycles. The van der Waals surface area contributed by atoms with Crippen molar-refractivity contribution in [3.05, 3.63) is 35.4 Å². The highest BCUT2D eigenvalue weighted by Gasteiger charge is 2.56. The Morgan fingerprint density at radius 1 is 1.20 bits per heavy atom. The topological polar surface area (TPSA) is 26.0 Å². The third kappa shape index (κ3) is 1.69. The summed E-state index contributed by atoms with van der Waals surface area (Å²) in [6, 6.07) is 9.05. The summed E-state index contributed by atoms with van der Waals surface area (Å²) in [4.78, 5) is 0. The molecule has 1 aliphatic carbocycles. The summed E-state index contributed by atoms with van der Waals surface area (Å²) in [7, 11) is 0. The Bertz CT molecular complexity index is 337. The lowest BCUT2D eigenvalue weighted by atomic mass is 10.0. The van der Waals surface area contributed by atoms with Crippen molar-refractivity contribution in [1.29, 1.82) is 0 Å². The van der Waals surface area contributed by atoms with Gasteiger partial charge in [-0.15, -0.1) is 0 Å². The number of rotatable bonds is 3. The van der Waals surface area contributed by atoms with E-state index in [1.54, 1.807) is 0 Å². The second-order valence-electron chi connectivity index (χ2n) is 5.24. The predicted octanol–water partition coefficient (Wildman–Crippen LogP) is 2.95. The van der Waals surface area contributed by atoms with E-state index in [2.05, 4.69) is 45.0 Å². The molecule has 1 nitrogen and oxygen atoms in total. The normalized spacial score (nSPS) is 27.7. The van der Waals surface area contributed by atoms with Crippen LogP contribution in [-0.2, 0) is 6.42 Å². The third-order valence-corrected chi connectivity index (χ3v) is 4.05. The van der Waals surface area contributed by atoms with Crippen LogP contribution in [-0.4, -0.2) is 6.54 Å². The van der Waals surface area contributed by atoms with Crippen LogP contribution in [0.25, 0.3) is 0 Å². The number of hydrogen-bond donors (Lipinski definition) is 1. The van der Waals surface area contributed by atoms with Crippen molar-refractivity contribution >= 4 is 0 Å². The van der Waals surface area contributed by atoms with Crippen LogP contribution >= 0.6 is 0 Å². The van der Waals surface area contributed by atoms with Gasteiger partial charge in [-0.05, 0) is 41.3 Å². The Hall–Kier alpha value is -0.820. The first-order valence-corrected chi connectivity index (χ1v) is 5.90. The van der Waals surface area contributed by atoms with Gasteiger partial charge in [-0.2, -0.15) is 0 Å². The van der Waals surface area contributed by atoms with Crippen molar-refractivity contribution in [2.75, 3.05) is 6.54 Å². The molecule has 2 N–H and O–H groups in total. The van der Waals surface area contributed by atoms with Crippen molar-refractivity contribution in [3.63, 3.8) is 0 Å². The van der Waals surface area contributed by atoms with Gasteiger partial charge in [0.1, 0.15) is 0 Å². The van der Waals surface area contributed by atoms with Crippen LogP contribution < -0.4 is 5.73 Å². The standard InChI is InChI=1S/C14H21N/c1-4-10-5-7-11(8-6-10)13-12(9-15)14(13,2)3/h5-8,12-13H,4,9,15H2,1-3H3. The molecule has 0 amide bonds. The summed E-state index contributed by atoms with van der Waals surface area (Å²) >= 11 is 0. The van der Waals surface area contributed by atoms with Crippen LogP contribution in [0.2, 0.25) is 0 Å². The van der Waals surface area contributed by atoms with E-state index in [-0.39, 0.29) is 0 Å². The molecule has 1 aromatic rings. The van der Waals surface area contributed by atoms with Gasteiger partial charge in [0.25, 0.3) is 0 Å². The van der Waals surface area contributed by atoms with Crippen LogP contribution in [0.3, 0.4) is 0 Å². The van der Waals surface area contributed by atoms with E-state index in [1.165, 1.54) is 11.1 Å². The molecule has 2 unspecified atom stereocenters. The van der Waals surface area contributed by atoms with Crippen LogP contribution in [0.5, 0.6) is 0 Å². The molecule has 1 saturated carbocycles. The fourth-order valence-corrected chi connectivity index (χ4v) is 2.81. The van der Waals surface area contributed by atoms with Crippen molar-refractivity contribution in [2.24, 2.45) is 17.1 Å². The van der Waals surface area contributed by atoms with Crippen molar-refractivity contribution in [3.8, 4) is 0 Å². The van der Waals surface area contributed by atoms with Crippen LogP contribution in [0.4, 0.5) is 0 Å². The quantitative estimate of drug-likeness (QED) is 0.803. The van der Waals surface area contributed by atoms with Crippen molar-refractivity contribution in [1.82, 2.24) is 0 Å². The van der Waals surface area contributed by atoms with Gasteiger partial charge >= 0.3 is 0 Å². The monoisotopic (exact) mass is 203 g/mol. The Balaban J connectivity index is 2.18. The summed E-state index contributed by atoms with van der Waals surface area (Å²) in [6.45, 7) is 7.65. The molecule has 1 fully saturated rings. The molecule has 0 spiro atoms. The van der Waals surface area contributed by atoms with E-state index in [0.717, 1.165) is 13.0 Å². The summed E-state index contributed by atoms with van der Waals surface area (Å²) in [6.07, 6.45) is 1.12. The van der Waals surface area contributed by atoms with Gasteiger partial charge in [0.15, 0.2) is 0 Å². The minimum absolute atomic E-state index is 0.405. The second kappa shape index (κ2) is 3.64. The van der Waals surface area contributed by atoms with Gasteiger partial charge < -0.3 is 5.73 Å². The lowest BCUT2D eigenvalue weighted by Crippen LogP contribution is -2.05. The molecule has 82 valence electrons. The van der Waals surface area contributed by atoms with Gasteiger partial charge in [-0.1, -0.05) is 45.0 Å². The van der Waals surface area contributed by atoms with Crippen molar-refractivity contribution in [2.45, 2.75) is 33.1 Å². The van der Waals surface area contributed by atoms with Gasteiger partial charge in [0.05, 0.1) is 0 Å². The zero-order valence-electron chi connectivity index (χ0n) is 9.96. The number of aryl methyl sites for hydroxylation is 1. The fraction of sp³-hybridized carbons (Fsp3) is 0.571. The number of nitrogens with two attached hydrogens (primary N) is 1. The molecule has 15 heavy (non-hydrogen) atoms. The Kier molecular flexibility index (Phi) is 2.59. The summed E-state index contributed by atoms with van der Waals surface area (Å²) in [5, 5.41) is 0. The number of benzene rings is 1. The molecule has 0 bridgehead atoms. The average molecular weight is 203 g/mol. The average Bonchev–Trinajstić information content (AvgIpc) is 2.80. The van der Waals surface area contributed by atoms with Gasteiger partial charge in [-0.25, -0.2) is 0 Å². The Morgan fingerprint density at radius 2 is 1.80 bits per heavy atom. The first-order chi connectivity index (χ1) is 7.11. The molecule has 1 aliphatic rings. The molecule has 1 aromatic carbocycles. The molecule has 0 saturated heterocycles. The van der Waals surface area contributed by atoms with Gasteiger partial charge in [-0.3, -0.25) is 0 Å². The maximum atomic E-state index is 5.79. The smallest absolute Gasteiger partial charge is 0.00375 e. The zero-order valence-corrected chi connectivity index (χ0v) is 9.96. The third-order valence-electron chi connectivity index (χ3n) is 4.05. The largest absolute Gasteiger partial charge is 0.330 e. The minimum Gasteiger partial charge on any atom is -0.330 e. The molecular formula is C14H21N. The molecule has 2 rings (SSSR count). The lowest BCUT2D eigenvalue weighted by Gasteiger charge is -2.04. The first kappa shape index (κ1) is 10.7. The van der Waals surface area contributed by atoms with Gasteiger partial charge in [0.2, 0.25) is 0 Å². The van der Waals surface area contributed by atoms with E-state index >= 15 is 0 Å². The SMILES string of the molecule is CCc1ccc(C2C(CN)C2(C)C)cc1. The van der Waals surface area contributed by atoms with Gasteiger partial charge in [0, 0.05) is 0 Å². The molecule has 1 heteroatoms. The molecule has 0 aromatic heterocycles. The van der Waals surface area contributed by atoms with Crippen LogP contribution in [0.1, 0.15) is 37.8 Å². The minimum atomic E-state index is 0.405. The first-order valence-electron chi connectivity index (χ1n) is 5.90. The zero-order chi connectivity index (χ0) is 11.1. The Labute approximate surface area is 92.7 Å². The number of hydrogen-bond acceptors (Lipinski definition) is 1. The summed E-state index contributed by atoms with van der Waals surface area (Å²) in [5.41, 5.74) is 9.08. The lowest BCUT2D eigenvalue weighted by molar-refractivity contribution is 0.558. The maximum absolute atomic E-state index is 5.79. The van der Waals surface area contributed by atoms with E-state index in [0.29, 0.717) is 17.3 Å². The Morgan fingerprint density at radius 3 is 2.20 bits per heavy atom. The van der Waals surface area contributed by atoms with E-state index in [9.17, 15) is 0 Å².